The van der Waals surface area contributed by atoms with Crippen molar-refractivity contribution in [3.05, 3.63) is 71.8 Å². The summed E-state index contributed by atoms with van der Waals surface area (Å²) in [6, 6.07) is 19.6. The Morgan fingerprint density at radius 2 is 1.50 bits per heavy atom. The number of carbonyl (C=O) groups is 1. The molecule has 0 atom stereocenters. The number of amides is 1. The molecule has 2 aromatic carbocycles. The topological polar surface area (TPSA) is 52.6 Å². The van der Waals surface area contributed by atoms with Crippen LogP contribution in [0.5, 0.6) is 0 Å². The Labute approximate surface area is 118 Å². The summed E-state index contributed by atoms with van der Waals surface area (Å²) >= 11 is 0. The molecule has 4 nitrogen and oxygen atoms in total. The number of hydrogen-bond acceptors (Lipinski definition) is 2. The first-order valence-electron chi connectivity index (χ1n) is 6.57. The molecular weight excluding hydrogens is 252 g/mol. The molecule has 0 bridgehead atoms. The summed E-state index contributed by atoms with van der Waals surface area (Å²) in [6.07, 6.45) is -0.272. The highest BCUT2D eigenvalue weighted by molar-refractivity contribution is 5.64. The van der Waals surface area contributed by atoms with Gasteiger partial charge in [0.15, 0.2) is 0 Å². The van der Waals surface area contributed by atoms with E-state index in [0.717, 1.165) is 11.1 Å². The lowest BCUT2D eigenvalue weighted by Crippen LogP contribution is -2.42. The van der Waals surface area contributed by atoms with Gasteiger partial charge in [0.1, 0.15) is 0 Å². The van der Waals surface area contributed by atoms with Crippen LogP contribution in [0.2, 0.25) is 0 Å². The second-order valence-electron chi connectivity index (χ2n) is 4.49. The standard InChI is InChI=1S/C16H18N2O2/c19-16(20)18(12-11-14-7-3-1-4-8-14)17-13-15-9-5-2-6-10-15/h1-10,17H,11-13H2,(H,19,20). The third kappa shape index (κ3) is 4.40. The first-order valence-corrected chi connectivity index (χ1v) is 6.57. The van der Waals surface area contributed by atoms with E-state index in [2.05, 4.69) is 5.43 Å². The fraction of sp³-hybridized carbons (Fsp3) is 0.188. The molecule has 0 unspecified atom stereocenters. The highest BCUT2D eigenvalue weighted by Crippen LogP contribution is 2.02. The summed E-state index contributed by atoms with van der Waals surface area (Å²) in [6.45, 7) is 0.925. The molecule has 1 amide bonds. The second kappa shape index (κ2) is 7.31. The lowest BCUT2D eigenvalue weighted by Gasteiger charge is -2.20. The van der Waals surface area contributed by atoms with Crippen LogP contribution in [0.25, 0.3) is 0 Å². The Morgan fingerprint density at radius 3 is 2.05 bits per heavy atom. The minimum Gasteiger partial charge on any atom is -0.464 e. The van der Waals surface area contributed by atoms with Crippen LogP contribution in [0.1, 0.15) is 11.1 Å². The van der Waals surface area contributed by atoms with Crippen LogP contribution in [0.3, 0.4) is 0 Å². The van der Waals surface area contributed by atoms with E-state index in [4.69, 9.17) is 0 Å². The largest absolute Gasteiger partial charge is 0.464 e. The van der Waals surface area contributed by atoms with Crippen molar-refractivity contribution in [2.75, 3.05) is 6.54 Å². The van der Waals surface area contributed by atoms with E-state index >= 15 is 0 Å². The van der Waals surface area contributed by atoms with Crippen molar-refractivity contribution in [3.63, 3.8) is 0 Å². The SMILES string of the molecule is O=C(O)N(CCc1ccccc1)NCc1ccccc1. The predicted molar refractivity (Wildman–Crippen MR) is 78.2 cm³/mol. The summed E-state index contributed by atoms with van der Waals surface area (Å²) in [4.78, 5) is 11.2. The van der Waals surface area contributed by atoms with E-state index in [1.54, 1.807) is 0 Å². The van der Waals surface area contributed by atoms with Gasteiger partial charge in [-0.3, -0.25) is 0 Å². The molecule has 0 fully saturated rings. The fourth-order valence-corrected chi connectivity index (χ4v) is 1.91. The number of nitrogens with one attached hydrogen (secondary N) is 1. The normalized spacial score (nSPS) is 10.2. The van der Waals surface area contributed by atoms with Crippen LogP contribution in [0.15, 0.2) is 60.7 Å². The maximum Gasteiger partial charge on any atom is 0.421 e. The molecule has 2 N–H and O–H groups in total. The van der Waals surface area contributed by atoms with E-state index in [9.17, 15) is 9.90 Å². The van der Waals surface area contributed by atoms with Crippen molar-refractivity contribution in [2.45, 2.75) is 13.0 Å². The lowest BCUT2D eigenvalue weighted by molar-refractivity contribution is 0.119. The van der Waals surface area contributed by atoms with Crippen LogP contribution in [0.4, 0.5) is 4.79 Å². The number of rotatable bonds is 6. The number of hydrazine groups is 1. The van der Waals surface area contributed by atoms with Gasteiger partial charge in [-0.25, -0.2) is 15.2 Å². The van der Waals surface area contributed by atoms with Gasteiger partial charge in [-0.05, 0) is 17.5 Å². The molecule has 0 aliphatic carbocycles. The predicted octanol–water partition coefficient (Wildman–Crippen LogP) is 2.91. The van der Waals surface area contributed by atoms with Crippen molar-refractivity contribution in [2.24, 2.45) is 0 Å². The van der Waals surface area contributed by atoms with Crippen molar-refractivity contribution >= 4 is 6.09 Å². The Morgan fingerprint density at radius 1 is 0.950 bits per heavy atom. The monoisotopic (exact) mass is 270 g/mol. The van der Waals surface area contributed by atoms with E-state index in [-0.39, 0.29) is 0 Å². The number of benzene rings is 2. The van der Waals surface area contributed by atoms with E-state index in [1.165, 1.54) is 5.01 Å². The molecule has 0 spiro atoms. The van der Waals surface area contributed by atoms with Gasteiger partial charge in [0.25, 0.3) is 0 Å². The van der Waals surface area contributed by atoms with Crippen molar-refractivity contribution in [3.8, 4) is 0 Å². The van der Waals surface area contributed by atoms with Gasteiger partial charge in [-0.15, -0.1) is 0 Å². The molecule has 0 aliphatic heterocycles. The van der Waals surface area contributed by atoms with Crippen LogP contribution in [-0.2, 0) is 13.0 Å². The van der Waals surface area contributed by atoms with Crippen molar-refractivity contribution in [1.29, 1.82) is 0 Å². The van der Waals surface area contributed by atoms with Gasteiger partial charge < -0.3 is 5.11 Å². The molecule has 104 valence electrons. The van der Waals surface area contributed by atoms with Gasteiger partial charge >= 0.3 is 6.09 Å². The first-order chi connectivity index (χ1) is 9.75. The summed E-state index contributed by atoms with van der Waals surface area (Å²) in [7, 11) is 0. The van der Waals surface area contributed by atoms with E-state index in [0.29, 0.717) is 19.5 Å². The van der Waals surface area contributed by atoms with Crippen LogP contribution >= 0.6 is 0 Å². The molecule has 0 aromatic heterocycles. The third-order valence-corrected chi connectivity index (χ3v) is 3.01. The van der Waals surface area contributed by atoms with Crippen LogP contribution in [0, 0.1) is 0 Å². The smallest absolute Gasteiger partial charge is 0.421 e. The molecule has 2 rings (SSSR count). The Balaban J connectivity index is 1.86. The maximum atomic E-state index is 11.2. The maximum absolute atomic E-state index is 11.2. The summed E-state index contributed by atoms with van der Waals surface area (Å²) < 4.78 is 0. The summed E-state index contributed by atoms with van der Waals surface area (Å²) in [5.41, 5.74) is 5.12. The number of hydrogen-bond donors (Lipinski definition) is 2. The van der Waals surface area contributed by atoms with Crippen LogP contribution in [-0.4, -0.2) is 22.8 Å². The first kappa shape index (κ1) is 14.1. The third-order valence-electron chi connectivity index (χ3n) is 3.01. The molecule has 0 heterocycles. The van der Waals surface area contributed by atoms with Crippen molar-refractivity contribution < 1.29 is 9.90 Å². The van der Waals surface area contributed by atoms with Crippen molar-refractivity contribution in [1.82, 2.24) is 10.4 Å². The Bertz CT molecular complexity index is 485. The molecule has 0 aliphatic rings. The zero-order valence-electron chi connectivity index (χ0n) is 11.2. The lowest BCUT2D eigenvalue weighted by atomic mass is 10.1. The van der Waals surface area contributed by atoms with E-state index < -0.39 is 6.09 Å². The highest BCUT2D eigenvalue weighted by Gasteiger charge is 2.10. The molecule has 2 aromatic rings. The van der Waals surface area contributed by atoms with Gasteiger partial charge in [-0.1, -0.05) is 60.7 Å². The fourth-order valence-electron chi connectivity index (χ4n) is 1.91. The van der Waals surface area contributed by atoms with Gasteiger partial charge in [-0.2, -0.15) is 0 Å². The molecular formula is C16H18N2O2. The minimum absolute atomic E-state index is 0.423. The Hall–Kier alpha value is -2.33. The van der Waals surface area contributed by atoms with Gasteiger partial charge in [0, 0.05) is 13.1 Å². The minimum atomic E-state index is -0.961. The molecule has 4 heteroatoms. The molecule has 0 saturated heterocycles. The van der Waals surface area contributed by atoms with Crippen LogP contribution < -0.4 is 5.43 Å². The summed E-state index contributed by atoms with van der Waals surface area (Å²) in [5, 5.41) is 10.4. The average Bonchev–Trinajstić information content (AvgIpc) is 2.49. The zero-order valence-corrected chi connectivity index (χ0v) is 11.2. The second-order valence-corrected chi connectivity index (χ2v) is 4.49. The zero-order chi connectivity index (χ0) is 14.2. The molecule has 0 radical (unpaired) electrons. The molecule has 0 saturated carbocycles. The number of nitrogens with zero attached hydrogens (tertiary/aromatic N) is 1. The van der Waals surface area contributed by atoms with Gasteiger partial charge in [0.05, 0.1) is 0 Å². The highest BCUT2D eigenvalue weighted by atomic mass is 16.4. The molecule has 20 heavy (non-hydrogen) atoms. The summed E-state index contributed by atoms with van der Waals surface area (Å²) in [5.74, 6) is 0. The quantitative estimate of drug-likeness (QED) is 0.794. The van der Waals surface area contributed by atoms with Gasteiger partial charge in [0.2, 0.25) is 0 Å². The average molecular weight is 270 g/mol. The Kier molecular flexibility index (Phi) is 5.15. The number of carboxylic acid groups (broad SMARTS) is 1. The van der Waals surface area contributed by atoms with E-state index in [1.807, 2.05) is 60.7 Å².